The van der Waals surface area contributed by atoms with Crippen LogP contribution in [0.15, 0.2) is 66.7 Å². The fourth-order valence-corrected chi connectivity index (χ4v) is 3.44. The minimum absolute atomic E-state index is 0.0441. The molecule has 3 nitrogen and oxygen atoms in total. The first-order valence-corrected chi connectivity index (χ1v) is 8.72. The predicted octanol–water partition coefficient (Wildman–Crippen LogP) is 4.19. The fraction of sp³-hybridized carbons (Fsp3) is 0.227. The van der Waals surface area contributed by atoms with Gasteiger partial charge in [0.15, 0.2) is 6.10 Å². The molecule has 0 bridgehead atoms. The van der Waals surface area contributed by atoms with Gasteiger partial charge in [0.25, 0.3) is 5.91 Å². The van der Waals surface area contributed by atoms with Crippen LogP contribution in [0.25, 0.3) is 10.8 Å². The van der Waals surface area contributed by atoms with Crippen molar-refractivity contribution >= 4 is 16.7 Å². The van der Waals surface area contributed by atoms with Crippen LogP contribution in [0.2, 0.25) is 0 Å². The van der Waals surface area contributed by atoms with Crippen LogP contribution in [0.1, 0.15) is 18.1 Å². The second kappa shape index (κ2) is 6.60. The highest BCUT2D eigenvalue weighted by atomic mass is 16.5. The largest absolute Gasteiger partial charge is 0.481 e. The van der Waals surface area contributed by atoms with E-state index >= 15 is 0 Å². The number of nitrogens with zero attached hydrogens (tertiary/aromatic N) is 1. The number of amides is 1. The van der Waals surface area contributed by atoms with E-state index in [9.17, 15) is 4.79 Å². The van der Waals surface area contributed by atoms with Gasteiger partial charge in [-0.3, -0.25) is 4.79 Å². The maximum Gasteiger partial charge on any atom is 0.263 e. The van der Waals surface area contributed by atoms with Gasteiger partial charge in [-0.2, -0.15) is 0 Å². The van der Waals surface area contributed by atoms with Crippen molar-refractivity contribution in [2.75, 3.05) is 6.54 Å². The molecule has 1 aliphatic heterocycles. The van der Waals surface area contributed by atoms with Crippen LogP contribution in [0.3, 0.4) is 0 Å². The molecule has 1 heterocycles. The second-order valence-corrected chi connectivity index (χ2v) is 6.55. The summed E-state index contributed by atoms with van der Waals surface area (Å²) in [5.74, 6) is 0.777. The van der Waals surface area contributed by atoms with Crippen LogP contribution >= 0.6 is 0 Å². The van der Waals surface area contributed by atoms with E-state index in [1.807, 2.05) is 48.2 Å². The molecule has 126 valence electrons. The molecule has 25 heavy (non-hydrogen) atoms. The van der Waals surface area contributed by atoms with Crippen LogP contribution in [0, 0.1) is 0 Å². The molecule has 3 aromatic carbocycles. The van der Waals surface area contributed by atoms with E-state index in [0.717, 1.165) is 24.1 Å². The van der Waals surface area contributed by atoms with Crippen molar-refractivity contribution in [3.63, 3.8) is 0 Å². The third-order valence-corrected chi connectivity index (χ3v) is 4.82. The van der Waals surface area contributed by atoms with Crippen molar-refractivity contribution in [3.8, 4) is 5.75 Å². The lowest BCUT2D eigenvalue weighted by Gasteiger charge is -2.31. The Morgan fingerprint density at radius 1 is 0.960 bits per heavy atom. The summed E-state index contributed by atoms with van der Waals surface area (Å²) in [4.78, 5) is 14.7. The molecule has 4 rings (SSSR count). The maximum absolute atomic E-state index is 12.8. The lowest BCUT2D eigenvalue weighted by atomic mass is 9.99. The third-order valence-electron chi connectivity index (χ3n) is 4.82. The summed E-state index contributed by atoms with van der Waals surface area (Å²) in [5.41, 5.74) is 2.58. The predicted molar refractivity (Wildman–Crippen MR) is 99.6 cm³/mol. The van der Waals surface area contributed by atoms with Crippen LogP contribution < -0.4 is 4.74 Å². The van der Waals surface area contributed by atoms with Gasteiger partial charge < -0.3 is 9.64 Å². The molecule has 0 aromatic heterocycles. The monoisotopic (exact) mass is 331 g/mol. The van der Waals surface area contributed by atoms with Gasteiger partial charge in [-0.25, -0.2) is 0 Å². The molecular weight excluding hydrogens is 310 g/mol. The van der Waals surface area contributed by atoms with E-state index in [1.54, 1.807) is 0 Å². The smallest absolute Gasteiger partial charge is 0.263 e. The van der Waals surface area contributed by atoms with Crippen molar-refractivity contribution in [1.29, 1.82) is 0 Å². The van der Waals surface area contributed by atoms with E-state index in [2.05, 4.69) is 30.3 Å². The van der Waals surface area contributed by atoms with Gasteiger partial charge in [0, 0.05) is 13.1 Å². The molecular formula is C22H21NO2. The average molecular weight is 331 g/mol. The molecule has 0 aliphatic carbocycles. The SMILES string of the molecule is C[C@@H](Oc1ccc2ccccc2c1)C(=O)N1CCc2ccccc2C1. The van der Waals surface area contributed by atoms with Crippen molar-refractivity contribution in [1.82, 2.24) is 4.90 Å². The highest BCUT2D eigenvalue weighted by molar-refractivity contribution is 5.84. The molecule has 3 heteroatoms. The molecule has 1 amide bonds. The molecule has 0 saturated carbocycles. The number of benzene rings is 3. The number of carbonyl (C=O) groups is 1. The summed E-state index contributed by atoms with van der Waals surface area (Å²) in [7, 11) is 0. The van der Waals surface area contributed by atoms with Gasteiger partial charge in [-0.05, 0) is 47.4 Å². The minimum Gasteiger partial charge on any atom is -0.481 e. The minimum atomic E-state index is -0.494. The summed E-state index contributed by atoms with van der Waals surface area (Å²) in [6.07, 6.45) is 0.413. The summed E-state index contributed by atoms with van der Waals surface area (Å²) < 4.78 is 5.93. The Labute approximate surface area is 147 Å². The van der Waals surface area contributed by atoms with Gasteiger partial charge in [-0.1, -0.05) is 54.6 Å². The maximum atomic E-state index is 12.8. The van der Waals surface area contributed by atoms with Gasteiger partial charge >= 0.3 is 0 Å². The van der Waals surface area contributed by atoms with Crippen molar-refractivity contribution in [2.24, 2.45) is 0 Å². The van der Waals surface area contributed by atoms with Crippen molar-refractivity contribution in [2.45, 2.75) is 26.0 Å². The van der Waals surface area contributed by atoms with E-state index in [4.69, 9.17) is 4.74 Å². The first kappa shape index (κ1) is 15.7. The highest BCUT2D eigenvalue weighted by Gasteiger charge is 2.25. The Hall–Kier alpha value is -2.81. The number of rotatable bonds is 3. The molecule has 1 aliphatic rings. The van der Waals surface area contributed by atoms with E-state index in [1.165, 1.54) is 16.5 Å². The zero-order valence-electron chi connectivity index (χ0n) is 14.3. The lowest BCUT2D eigenvalue weighted by molar-refractivity contribution is -0.138. The van der Waals surface area contributed by atoms with Gasteiger partial charge in [-0.15, -0.1) is 0 Å². The van der Waals surface area contributed by atoms with E-state index in [-0.39, 0.29) is 5.91 Å². The quantitative estimate of drug-likeness (QED) is 0.720. The summed E-state index contributed by atoms with van der Waals surface area (Å²) >= 11 is 0. The normalized spacial score (nSPS) is 14.8. The van der Waals surface area contributed by atoms with Gasteiger partial charge in [0.2, 0.25) is 0 Å². The summed E-state index contributed by atoms with van der Waals surface area (Å²) in [5, 5.41) is 2.29. The number of ether oxygens (including phenoxy) is 1. The molecule has 0 radical (unpaired) electrons. The van der Waals surface area contributed by atoms with Crippen LogP contribution in [0.5, 0.6) is 5.75 Å². The summed E-state index contributed by atoms with van der Waals surface area (Å²) in [6, 6.07) is 22.4. The second-order valence-electron chi connectivity index (χ2n) is 6.55. The summed E-state index contributed by atoms with van der Waals surface area (Å²) in [6.45, 7) is 3.25. The fourth-order valence-electron chi connectivity index (χ4n) is 3.44. The van der Waals surface area contributed by atoms with Gasteiger partial charge in [0.05, 0.1) is 0 Å². The molecule has 0 unspecified atom stereocenters. The molecule has 1 atom stereocenters. The molecule has 0 saturated heterocycles. The highest BCUT2D eigenvalue weighted by Crippen LogP contribution is 2.23. The Morgan fingerprint density at radius 2 is 1.68 bits per heavy atom. The topological polar surface area (TPSA) is 29.5 Å². The molecule has 0 spiro atoms. The zero-order chi connectivity index (χ0) is 17.2. The number of fused-ring (bicyclic) bond motifs is 2. The Balaban J connectivity index is 1.47. The van der Waals surface area contributed by atoms with Crippen molar-refractivity contribution in [3.05, 3.63) is 77.9 Å². The van der Waals surface area contributed by atoms with Crippen LogP contribution in [0.4, 0.5) is 0 Å². The van der Waals surface area contributed by atoms with E-state index < -0.39 is 6.10 Å². The first-order valence-electron chi connectivity index (χ1n) is 8.72. The van der Waals surface area contributed by atoms with Gasteiger partial charge in [0.1, 0.15) is 5.75 Å². The molecule has 0 fully saturated rings. The Kier molecular flexibility index (Phi) is 4.14. The number of hydrogen-bond donors (Lipinski definition) is 0. The molecule has 0 N–H and O–H groups in total. The Bertz CT molecular complexity index is 919. The lowest BCUT2D eigenvalue weighted by Crippen LogP contribution is -2.43. The zero-order valence-corrected chi connectivity index (χ0v) is 14.3. The number of hydrogen-bond acceptors (Lipinski definition) is 2. The van der Waals surface area contributed by atoms with Crippen LogP contribution in [-0.4, -0.2) is 23.5 Å². The average Bonchev–Trinajstić information content (AvgIpc) is 2.67. The van der Waals surface area contributed by atoms with Crippen LogP contribution in [-0.2, 0) is 17.8 Å². The van der Waals surface area contributed by atoms with E-state index in [0.29, 0.717) is 6.54 Å². The standard InChI is InChI=1S/C22H21NO2/c1-16(25-21-11-10-17-6-2-4-8-19(17)14-21)22(24)23-13-12-18-7-3-5-9-20(18)15-23/h2-11,14,16H,12-13,15H2,1H3/t16-/m1/s1. The molecule has 3 aromatic rings. The Morgan fingerprint density at radius 3 is 2.52 bits per heavy atom. The first-order chi connectivity index (χ1) is 12.2. The van der Waals surface area contributed by atoms with Crippen molar-refractivity contribution < 1.29 is 9.53 Å². The number of carbonyl (C=O) groups excluding carboxylic acids is 1. The third kappa shape index (κ3) is 3.22.